The third-order valence-corrected chi connectivity index (χ3v) is 10.6. The lowest BCUT2D eigenvalue weighted by atomic mass is 10.1. The number of hydrogen-bond donors (Lipinski definition) is 1. The Balaban J connectivity index is 0.000000228. The van der Waals surface area contributed by atoms with E-state index >= 15 is 0 Å². The van der Waals surface area contributed by atoms with Gasteiger partial charge in [-0.25, -0.2) is 29.1 Å². The Morgan fingerprint density at radius 3 is 1.14 bits per heavy atom. The van der Waals surface area contributed by atoms with Crippen LogP contribution in [0.25, 0.3) is 21.8 Å². The van der Waals surface area contributed by atoms with Crippen LogP contribution in [0.2, 0.25) is 0 Å². The van der Waals surface area contributed by atoms with Gasteiger partial charge < -0.3 is 48.7 Å². The number of benzene rings is 2. The summed E-state index contributed by atoms with van der Waals surface area (Å²) >= 11 is 0. The summed E-state index contributed by atoms with van der Waals surface area (Å²) in [5.41, 5.74) is 2.38. The molecule has 4 aromatic rings. The number of carbonyl (C=O) groups excluding carboxylic acids is 4. The third-order valence-electron chi connectivity index (χ3n) is 10.6. The van der Waals surface area contributed by atoms with Crippen molar-refractivity contribution in [3.8, 4) is 0 Å². The molecular formula is C47H62N8O9. The molecule has 0 atom stereocenters. The number of hydrogen-bond acceptors (Lipinski definition) is 12. The van der Waals surface area contributed by atoms with Gasteiger partial charge in [0.15, 0.2) is 0 Å². The monoisotopic (exact) mass is 882 g/mol. The highest BCUT2D eigenvalue weighted by Crippen LogP contribution is 2.26. The first kappa shape index (κ1) is 47.1. The normalized spacial score (nSPS) is 16.3. The molecule has 0 unspecified atom stereocenters. The zero-order valence-corrected chi connectivity index (χ0v) is 38.5. The second-order valence-electron chi connectivity index (χ2n) is 19.1. The van der Waals surface area contributed by atoms with E-state index in [0.717, 1.165) is 27.7 Å². The smallest absolute Gasteiger partial charge is 0.410 e. The molecule has 3 saturated heterocycles. The number of fused-ring (bicyclic) bond motifs is 2. The van der Waals surface area contributed by atoms with Crippen LogP contribution in [0.3, 0.4) is 0 Å². The number of aromatic nitrogens is 2. The SMILES string of the molecule is CC(C)(C)OC(=O)N1CCN(C(=O)c2ccc3cc(N4CCN(C(=O)OC(C)(C)C)CC4)ccc3n2)CC1.CC(C)(C)OC(=O)N1CCN(c2ccc3nc(C(=O)O)ccc3c2)CC1. The van der Waals surface area contributed by atoms with Gasteiger partial charge in [0.2, 0.25) is 0 Å². The maximum absolute atomic E-state index is 13.1. The molecule has 5 heterocycles. The number of amides is 4. The van der Waals surface area contributed by atoms with E-state index in [1.165, 1.54) is 6.07 Å². The molecule has 17 heteroatoms. The molecule has 0 saturated carbocycles. The van der Waals surface area contributed by atoms with Gasteiger partial charge >= 0.3 is 24.2 Å². The first-order valence-electron chi connectivity index (χ1n) is 21.8. The molecule has 17 nitrogen and oxygen atoms in total. The zero-order chi connectivity index (χ0) is 46.6. The average molecular weight is 883 g/mol. The molecule has 0 spiro atoms. The molecule has 3 aliphatic heterocycles. The number of piperazine rings is 3. The highest BCUT2D eigenvalue weighted by molar-refractivity contribution is 5.95. The summed E-state index contributed by atoms with van der Waals surface area (Å²) in [5.74, 6) is -1.17. The van der Waals surface area contributed by atoms with Crippen LogP contribution in [-0.4, -0.2) is 160 Å². The summed E-state index contributed by atoms with van der Waals surface area (Å²) in [4.78, 5) is 81.0. The van der Waals surface area contributed by atoms with Crippen LogP contribution < -0.4 is 9.80 Å². The van der Waals surface area contributed by atoms with E-state index in [1.54, 1.807) is 31.7 Å². The molecule has 0 aliphatic carbocycles. The third kappa shape index (κ3) is 12.6. The van der Waals surface area contributed by atoms with Gasteiger partial charge in [-0.1, -0.05) is 12.1 Å². The van der Waals surface area contributed by atoms with Crippen molar-refractivity contribution in [2.24, 2.45) is 0 Å². The van der Waals surface area contributed by atoms with Crippen molar-refractivity contribution in [2.45, 2.75) is 79.1 Å². The van der Waals surface area contributed by atoms with Crippen LogP contribution >= 0.6 is 0 Å². The lowest BCUT2D eigenvalue weighted by molar-refractivity contribution is 0.0139. The van der Waals surface area contributed by atoms with Crippen LogP contribution in [-0.2, 0) is 14.2 Å². The first-order chi connectivity index (χ1) is 30.0. The summed E-state index contributed by atoms with van der Waals surface area (Å²) in [7, 11) is 0. The summed E-state index contributed by atoms with van der Waals surface area (Å²) in [5, 5.41) is 10.9. The maximum Gasteiger partial charge on any atom is 0.410 e. The number of carboxylic acid groups (broad SMARTS) is 1. The fraction of sp³-hybridized carbons (Fsp3) is 0.511. The lowest BCUT2D eigenvalue weighted by Crippen LogP contribution is -2.51. The summed E-state index contributed by atoms with van der Waals surface area (Å²) in [6, 6.07) is 18.7. The van der Waals surface area contributed by atoms with E-state index < -0.39 is 22.8 Å². The highest BCUT2D eigenvalue weighted by atomic mass is 16.6. The van der Waals surface area contributed by atoms with Crippen molar-refractivity contribution in [2.75, 3.05) is 88.3 Å². The molecule has 344 valence electrons. The first-order valence-corrected chi connectivity index (χ1v) is 21.8. The standard InChI is InChI=1S/C28H39N5O5.C19H23N3O4/c1-27(2,3)37-25(35)32-15-11-30(12-16-32)21-8-10-22-20(19-21)7-9-23(29-22)24(34)31-13-17-33(18-14-31)26(36)38-28(4,5)6;1-19(2,3)26-18(25)22-10-8-21(9-11-22)14-5-7-15-13(12-14)4-6-16(20-15)17(23)24/h7-10,19H,11-18H2,1-6H3;4-7,12H,8-11H2,1-3H3,(H,23,24). The van der Waals surface area contributed by atoms with E-state index in [1.807, 2.05) is 98.7 Å². The Kier molecular flexibility index (Phi) is 14.1. The number of ether oxygens (including phenoxy) is 3. The quantitative estimate of drug-likeness (QED) is 0.208. The van der Waals surface area contributed by atoms with E-state index in [2.05, 4.69) is 25.8 Å². The number of rotatable bonds is 4. The summed E-state index contributed by atoms with van der Waals surface area (Å²) in [6.45, 7) is 23.7. The Hall–Kier alpha value is -6.39. The van der Waals surface area contributed by atoms with Gasteiger partial charge in [-0.3, -0.25) is 4.79 Å². The van der Waals surface area contributed by atoms with Crippen molar-refractivity contribution < 1.29 is 43.3 Å². The van der Waals surface area contributed by atoms with Crippen molar-refractivity contribution >= 4 is 63.3 Å². The van der Waals surface area contributed by atoms with E-state index in [4.69, 9.17) is 19.3 Å². The summed E-state index contributed by atoms with van der Waals surface area (Å²) < 4.78 is 16.3. The van der Waals surface area contributed by atoms with Gasteiger partial charge in [-0.15, -0.1) is 0 Å². The fourth-order valence-electron chi connectivity index (χ4n) is 7.39. The lowest BCUT2D eigenvalue weighted by Gasteiger charge is -2.36. The van der Waals surface area contributed by atoms with Crippen LogP contribution in [0.4, 0.5) is 25.8 Å². The predicted molar refractivity (Wildman–Crippen MR) is 244 cm³/mol. The van der Waals surface area contributed by atoms with Gasteiger partial charge in [-0.2, -0.15) is 0 Å². The number of carbonyl (C=O) groups is 5. The minimum atomic E-state index is -1.03. The van der Waals surface area contributed by atoms with Crippen LogP contribution in [0.5, 0.6) is 0 Å². The Labute approximate surface area is 374 Å². The second-order valence-corrected chi connectivity index (χ2v) is 19.1. The number of carboxylic acids is 1. The molecule has 0 bridgehead atoms. The maximum atomic E-state index is 13.1. The van der Waals surface area contributed by atoms with Gasteiger partial charge in [0.25, 0.3) is 5.91 Å². The van der Waals surface area contributed by atoms with Crippen LogP contribution in [0, 0.1) is 0 Å². The molecule has 4 amide bonds. The predicted octanol–water partition coefficient (Wildman–Crippen LogP) is 6.97. The van der Waals surface area contributed by atoms with Crippen molar-refractivity contribution in [3.05, 3.63) is 72.1 Å². The Morgan fingerprint density at radius 2 is 0.781 bits per heavy atom. The second kappa shape index (κ2) is 19.2. The fourth-order valence-corrected chi connectivity index (χ4v) is 7.39. The molecular weight excluding hydrogens is 821 g/mol. The number of anilines is 2. The largest absolute Gasteiger partial charge is 0.477 e. The number of aromatic carboxylic acids is 1. The Bertz CT molecular complexity index is 2350. The van der Waals surface area contributed by atoms with Gasteiger partial charge in [0.1, 0.15) is 28.2 Å². The molecule has 2 aromatic heterocycles. The van der Waals surface area contributed by atoms with Crippen molar-refractivity contribution in [3.63, 3.8) is 0 Å². The number of pyridine rings is 2. The number of nitrogens with zero attached hydrogens (tertiary/aromatic N) is 8. The van der Waals surface area contributed by atoms with E-state index in [-0.39, 0.29) is 29.9 Å². The van der Waals surface area contributed by atoms with Crippen molar-refractivity contribution in [1.29, 1.82) is 0 Å². The van der Waals surface area contributed by atoms with Crippen LogP contribution in [0.15, 0.2) is 60.7 Å². The molecule has 0 radical (unpaired) electrons. The molecule has 3 fully saturated rings. The van der Waals surface area contributed by atoms with Crippen LogP contribution in [0.1, 0.15) is 83.3 Å². The molecule has 2 aromatic carbocycles. The van der Waals surface area contributed by atoms with Gasteiger partial charge in [-0.05, 0) is 111 Å². The molecule has 3 aliphatic rings. The molecule has 64 heavy (non-hydrogen) atoms. The van der Waals surface area contributed by atoms with E-state index in [0.29, 0.717) is 89.7 Å². The van der Waals surface area contributed by atoms with Crippen molar-refractivity contribution in [1.82, 2.24) is 29.6 Å². The molecule has 1 N–H and O–H groups in total. The summed E-state index contributed by atoms with van der Waals surface area (Å²) in [6.07, 6.45) is -0.903. The van der Waals surface area contributed by atoms with Gasteiger partial charge in [0.05, 0.1) is 11.0 Å². The Morgan fingerprint density at radius 1 is 0.453 bits per heavy atom. The van der Waals surface area contributed by atoms with Gasteiger partial charge in [0, 0.05) is 101 Å². The van der Waals surface area contributed by atoms with E-state index in [9.17, 15) is 24.0 Å². The minimum absolute atomic E-state index is 0.0382. The average Bonchev–Trinajstić information content (AvgIpc) is 3.24. The zero-order valence-electron chi connectivity index (χ0n) is 38.5. The minimum Gasteiger partial charge on any atom is -0.477 e. The highest BCUT2D eigenvalue weighted by Gasteiger charge is 2.30. The molecule has 7 rings (SSSR count). The topological polar surface area (TPSA) is 178 Å².